The lowest BCUT2D eigenvalue weighted by atomic mass is 10.2. The Morgan fingerprint density at radius 1 is 1.24 bits per heavy atom. The average Bonchev–Trinajstić information content (AvgIpc) is 3.27. The van der Waals surface area contributed by atoms with Gasteiger partial charge in [-0.15, -0.1) is 0 Å². The Morgan fingerprint density at radius 2 is 2.00 bits per heavy atom. The maximum atomic E-state index is 12.9. The van der Waals surface area contributed by atoms with Crippen molar-refractivity contribution < 1.29 is 9.21 Å². The summed E-state index contributed by atoms with van der Waals surface area (Å²) in [5, 5.41) is 6.67. The van der Waals surface area contributed by atoms with Crippen molar-refractivity contribution in [3.05, 3.63) is 41.1 Å². The molecule has 0 spiro atoms. The molecule has 1 aromatic carbocycles. The van der Waals surface area contributed by atoms with Crippen LogP contribution in [0.2, 0.25) is 0 Å². The van der Waals surface area contributed by atoms with Crippen LogP contribution in [0.25, 0.3) is 11.1 Å². The van der Waals surface area contributed by atoms with E-state index in [2.05, 4.69) is 15.2 Å². The molecule has 130 valence electrons. The van der Waals surface area contributed by atoms with Crippen molar-refractivity contribution in [3.63, 3.8) is 0 Å². The number of carbonyl (C=O) groups is 1. The van der Waals surface area contributed by atoms with Crippen molar-refractivity contribution in [1.82, 2.24) is 24.6 Å². The van der Waals surface area contributed by atoms with Gasteiger partial charge in [0.25, 0.3) is 0 Å². The van der Waals surface area contributed by atoms with Crippen molar-refractivity contribution >= 4 is 23.0 Å². The molecule has 1 atom stereocenters. The molecule has 2 aromatic heterocycles. The van der Waals surface area contributed by atoms with Crippen LogP contribution < -0.4 is 10.7 Å². The topological polar surface area (TPSA) is 100 Å². The lowest BCUT2D eigenvalue weighted by molar-refractivity contribution is -0.134. The van der Waals surface area contributed by atoms with Gasteiger partial charge in [-0.3, -0.25) is 9.36 Å². The van der Waals surface area contributed by atoms with E-state index in [0.717, 1.165) is 0 Å². The number of carbonyl (C=O) groups excluding carboxylic acids is 1. The van der Waals surface area contributed by atoms with Crippen LogP contribution in [-0.4, -0.2) is 56.7 Å². The molecular weight excluding hydrogens is 324 g/mol. The van der Waals surface area contributed by atoms with Gasteiger partial charge in [0.15, 0.2) is 5.58 Å². The molecule has 0 bridgehead atoms. The van der Waals surface area contributed by atoms with Crippen molar-refractivity contribution in [2.45, 2.75) is 13.0 Å². The van der Waals surface area contributed by atoms with Crippen LogP contribution >= 0.6 is 0 Å². The van der Waals surface area contributed by atoms with Gasteiger partial charge < -0.3 is 14.2 Å². The fourth-order valence-electron chi connectivity index (χ4n) is 3.22. The monoisotopic (exact) mass is 342 g/mol. The van der Waals surface area contributed by atoms with Crippen LogP contribution in [-0.2, 0) is 4.79 Å². The van der Waals surface area contributed by atoms with E-state index >= 15 is 0 Å². The van der Waals surface area contributed by atoms with Crippen molar-refractivity contribution in [1.29, 1.82) is 0 Å². The quantitative estimate of drug-likeness (QED) is 0.749. The molecule has 1 aliphatic rings. The van der Waals surface area contributed by atoms with Crippen molar-refractivity contribution in [3.8, 4) is 0 Å². The normalized spacial score (nSPS) is 16.4. The predicted octanol–water partition coefficient (Wildman–Crippen LogP) is 0.622. The largest absolute Gasteiger partial charge is 0.420 e. The third-order valence-electron chi connectivity index (χ3n) is 4.56. The van der Waals surface area contributed by atoms with Crippen LogP contribution in [0.1, 0.15) is 13.0 Å². The third-order valence-corrected chi connectivity index (χ3v) is 4.56. The van der Waals surface area contributed by atoms with E-state index in [1.54, 1.807) is 30.0 Å². The molecule has 1 amide bonds. The first-order valence-electron chi connectivity index (χ1n) is 8.14. The highest BCUT2D eigenvalue weighted by Crippen LogP contribution is 2.19. The summed E-state index contributed by atoms with van der Waals surface area (Å²) in [5.41, 5.74) is 1.12. The van der Waals surface area contributed by atoms with E-state index in [9.17, 15) is 9.59 Å². The standard InChI is InChI=1S/C16H18N6O3/c1-11(22-12-4-2-3-5-13(12)25-16(22)24)14(23)20-6-8-21(9-7-20)15-17-10-18-19-15/h2-5,10-11H,6-9H2,1H3,(H,17,18,19)/t11-/m0/s1. The number of para-hydroxylation sites is 2. The molecule has 1 fully saturated rings. The highest BCUT2D eigenvalue weighted by Gasteiger charge is 2.28. The Labute approximate surface area is 142 Å². The Kier molecular flexibility index (Phi) is 3.75. The molecule has 1 N–H and O–H groups in total. The van der Waals surface area contributed by atoms with Crippen LogP contribution in [0.15, 0.2) is 39.8 Å². The maximum absolute atomic E-state index is 12.9. The van der Waals surface area contributed by atoms with E-state index in [0.29, 0.717) is 43.2 Å². The summed E-state index contributed by atoms with van der Waals surface area (Å²) in [6.07, 6.45) is 1.46. The Balaban J connectivity index is 1.51. The lowest BCUT2D eigenvalue weighted by Gasteiger charge is -2.35. The Hall–Kier alpha value is -3.10. The molecule has 25 heavy (non-hydrogen) atoms. The zero-order valence-electron chi connectivity index (χ0n) is 13.8. The minimum Gasteiger partial charge on any atom is -0.408 e. The summed E-state index contributed by atoms with van der Waals surface area (Å²) in [5.74, 6) is 0.102. The SMILES string of the molecule is C[C@@H](C(=O)N1CCN(c2ncn[nH]2)CC1)n1c(=O)oc2ccccc21. The molecule has 9 heteroatoms. The molecule has 0 saturated carbocycles. The molecular formula is C16H18N6O3. The van der Waals surface area contributed by atoms with Gasteiger partial charge in [0.1, 0.15) is 12.4 Å². The molecule has 1 aliphatic heterocycles. The average molecular weight is 342 g/mol. The van der Waals surface area contributed by atoms with E-state index in [-0.39, 0.29) is 5.91 Å². The second-order valence-electron chi connectivity index (χ2n) is 6.00. The minimum absolute atomic E-state index is 0.0918. The summed E-state index contributed by atoms with van der Waals surface area (Å²) in [4.78, 5) is 33.0. The summed E-state index contributed by atoms with van der Waals surface area (Å²) in [6, 6.07) is 6.51. The number of hydrogen-bond donors (Lipinski definition) is 1. The van der Waals surface area contributed by atoms with Gasteiger partial charge in [-0.1, -0.05) is 12.1 Å². The van der Waals surface area contributed by atoms with Crippen molar-refractivity contribution in [2.75, 3.05) is 31.1 Å². The summed E-state index contributed by atoms with van der Waals surface area (Å²) >= 11 is 0. The number of nitrogens with one attached hydrogen (secondary N) is 1. The number of anilines is 1. The number of H-pyrrole nitrogens is 1. The van der Waals surface area contributed by atoms with E-state index < -0.39 is 11.8 Å². The number of aromatic amines is 1. The minimum atomic E-state index is -0.618. The number of oxazole rings is 1. The van der Waals surface area contributed by atoms with Crippen LogP contribution in [0.3, 0.4) is 0 Å². The number of fused-ring (bicyclic) bond motifs is 1. The Morgan fingerprint density at radius 3 is 2.72 bits per heavy atom. The van der Waals surface area contributed by atoms with Gasteiger partial charge in [0, 0.05) is 26.2 Å². The predicted molar refractivity (Wildman–Crippen MR) is 90.4 cm³/mol. The molecule has 4 rings (SSSR count). The fraction of sp³-hybridized carbons (Fsp3) is 0.375. The van der Waals surface area contributed by atoms with Gasteiger partial charge in [-0.05, 0) is 19.1 Å². The first-order chi connectivity index (χ1) is 12.1. The molecule has 0 radical (unpaired) electrons. The fourth-order valence-corrected chi connectivity index (χ4v) is 3.22. The number of aromatic nitrogens is 4. The van der Waals surface area contributed by atoms with Gasteiger partial charge in [0.05, 0.1) is 5.52 Å². The molecule has 3 heterocycles. The first kappa shape index (κ1) is 15.4. The molecule has 0 unspecified atom stereocenters. The first-order valence-corrected chi connectivity index (χ1v) is 8.14. The second kappa shape index (κ2) is 6.08. The van der Waals surface area contributed by atoms with Crippen LogP contribution in [0.5, 0.6) is 0 Å². The second-order valence-corrected chi connectivity index (χ2v) is 6.00. The number of rotatable bonds is 3. The van der Waals surface area contributed by atoms with Crippen molar-refractivity contribution in [2.24, 2.45) is 0 Å². The van der Waals surface area contributed by atoms with E-state index in [4.69, 9.17) is 4.42 Å². The van der Waals surface area contributed by atoms with Crippen LogP contribution in [0, 0.1) is 0 Å². The van der Waals surface area contributed by atoms with E-state index in [1.165, 1.54) is 10.9 Å². The van der Waals surface area contributed by atoms with Gasteiger partial charge in [-0.2, -0.15) is 10.1 Å². The molecule has 0 aliphatic carbocycles. The van der Waals surface area contributed by atoms with Gasteiger partial charge >= 0.3 is 5.76 Å². The van der Waals surface area contributed by atoms with Gasteiger partial charge in [0.2, 0.25) is 11.9 Å². The maximum Gasteiger partial charge on any atom is 0.420 e. The van der Waals surface area contributed by atoms with E-state index in [1.807, 2.05) is 11.0 Å². The highest BCUT2D eigenvalue weighted by atomic mass is 16.4. The van der Waals surface area contributed by atoms with Crippen LogP contribution in [0.4, 0.5) is 5.95 Å². The highest BCUT2D eigenvalue weighted by molar-refractivity contribution is 5.83. The zero-order chi connectivity index (χ0) is 17.4. The zero-order valence-corrected chi connectivity index (χ0v) is 13.8. The molecule has 3 aromatic rings. The lowest BCUT2D eigenvalue weighted by Crippen LogP contribution is -2.51. The number of benzene rings is 1. The Bertz CT molecular complexity index is 936. The third kappa shape index (κ3) is 2.67. The van der Waals surface area contributed by atoms with Gasteiger partial charge in [-0.25, -0.2) is 9.89 Å². The smallest absolute Gasteiger partial charge is 0.408 e. The molecule has 9 nitrogen and oxygen atoms in total. The number of nitrogens with zero attached hydrogens (tertiary/aromatic N) is 5. The summed E-state index contributed by atoms with van der Waals surface area (Å²) in [6.45, 7) is 4.18. The molecule has 1 saturated heterocycles. The number of piperazine rings is 1. The summed E-state index contributed by atoms with van der Waals surface area (Å²) in [7, 11) is 0. The summed E-state index contributed by atoms with van der Waals surface area (Å²) < 4.78 is 6.65. The number of amides is 1. The number of hydrogen-bond acceptors (Lipinski definition) is 6.